The van der Waals surface area contributed by atoms with E-state index in [1.54, 1.807) is 7.11 Å². The molecule has 0 bridgehead atoms. The van der Waals surface area contributed by atoms with Crippen LogP contribution in [0.1, 0.15) is 30.4 Å². The molecule has 25 heavy (non-hydrogen) atoms. The van der Waals surface area contributed by atoms with Crippen molar-refractivity contribution >= 4 is 11.0 Å². The van der Waals surface area contributed by atoms with E-state index in [1.807, 2.05) is 12.1 Å². The molecule has 0 atom stereocenters. The summed E-state index contributed by atoms with van der Waals surface area (Å²) in [4.78, 5) is 7.16. The zero-order valence-corrected chi connectivity index (χ0v) is 14.7. The summed E-state index contributed by atoms with van der Waals surface area (Å²) in [5.74, 6) is 1.67. The van der Waals surface area contributed by atoms with Gasteiger partial charge in [0.2, 0.25) is 5.88 Å². The molecule has 3 heterocycles. The summed E-state index contributed by atoms with van der Waals surface area (Å²) in [5, 5.41) is 8.29. The highest BCUT2D eigenvalue weighted by Crippen LogP contribution is 2.29. The smallest absolute Gasteiger partial charge is 0.233 e. The van der Waals surface area contributed by atoms with Crippen LogP contribution in [0.4, 0.5) is 0 Å². The van der Waals surface area contributed by atoms with E-state index in [0.29, 0.717) is 11.9 Å². The first-order valence-corrected chi connectivity index (χ1v) is 8.77. The first-order valence-electron chi connectivity index (χ1n) is 8.77. The lowest BCUT2D eigenvalue weighted by molar-refractivity contribution is 0.178. The third kappa shape index (κ3) is 3.22. The van der Waals surface area contributed by atoms with Gasteiger partial charge < -0.3 is 9.30 Å². The van der Waals surface area contributed by atoms with Gasteiger partial charge in [0.1, 0.15) is 5.82 Å². The van der Waals surface area contributed by atoms with Gasteiger partial charge in [0, 0.05) is 31.7 Å². The van der Waals surface area contributed by atoms with E-state index >= 15 is 0 Å². The van der Waals surface area contributed by atoms with Gasteiger partial charge >= 0.3 is 0 Å². The number of aromatic nitrogens is 4. The molecule has 0 N–H and O–H groups in total. The number of methoxy groups -OCH3 is 1. The Morgan fingerprint density at radius 3 is 2.60 bits per heavy atom. The number of ether oxygens (including phenoxy) is 1. The van der Waals surface area contributed by atoms with Gasteiger partial charge in [0.25, 0.3) is 0 Å². The second-order valence-electron chi connectivity index (χ2n) is 6.59. The number of benzene rings is 1. The molecule has 6 heteroatoms. The second-order valence-corrected chi connectivity index (χ2v) is 6.59. The number of imidazole rings is 1. The maximum Gasteiger partial charge on any atom is 0.233 e. The van der Waals surface area contributed by atoms with Crippen LogP contribution in [0.5, 0.6) is 5.88 Å². The monoisotopic (exact) mass is 337 g/mol. The van der Waals surface area contributed by atoms with E-state index in [4.69, 9.17) is 9.72 Å². The Labute approximate surface area is 147 Å². The molecule has 1 aliphatic heterocycles. The first kappa shape index (κ1) is 16.0. The highest BCUT2D eigenvalue weighted by molar-refractivity contribution is 5.76. The van der Waals surface area contributed by atoms with Gasteiger partial charge in [-0.05, 0) is 38.0 Å². The number of fused-ring (bicyclic) bond motifs is 1. The van der Waals surface area contributed by atoms with E-state index in [2.05, 4.69) is 50.9 Å². The molecule has 4 rings (SSSR count). The van der Waals surface area contributed by atoms with Crippen LogP contribution in [0.2, 0.25) is 0 Å². The number of likely N-dealkylation sites (tertiary alicyclic amines) is 1. The van der Waals surface area contributed by atoms with Crippen LogP contribution in [0, 0.1) is 6.92 Å². The van der Waals surface area contributed by atoms with Gasteiger partial charge in [-0.1, -0.05) is 12.1 Å². The lowest BCUT2D eigenvalue weighted by atomic mass is 10.0. The van der Waals surface area contributed by atoms with Crippen molar-refractivity contribution in [2.75, 3.05) is 20.2 Å². The molecule has 1 aliphatic rings. The predicted octanol–water partition coefficient (Wildman–Crippen LogP) is 2.98. The number of para-hydroxylation sites is 2. The molecule has 130 valence electrons. The van der Waals surface area contributed by atoms with E-state index in [1.165, 1.54) is 5.52 Å². The molecule has 2 aromatic heterocycles. The summed E-state index contributed by atoms with van der Waals surface area (Å²) in [6.07, 6.45) is 2.26. The molecular formula is C19H23N5O. The summed E-state index contributed by atoms with van der Waals surface area (Å²) in [5.41, 5.74) is 3.33. The molecule has 1 fully saturated rings. The Morgan fingerprint density at radius 2 is 1.88 bits per heavy atom. The topological polar surface area (TPSA) is 56.1 Å². The van der Waals surface area contributed by atoms with Crippen molar-refractivity contribution in [2.45, 2.75) is 32.4 Å². The molecule has 0 amide bonds. The zero-order chi connectivity index (χ0) is 17.2. The molecule has 0 radical (unpaired) electrons. The third-order valence-corrected chi connectivity index (χ3v) is 4.98. The summed E-state index contributed by atoms with van der Waals surface area (Å²) >= 11 is 0. The summed E-state index contributed by atoms with van der Waals surface area (Å²) < 4.78 is 7.48. The van der Waals surface area contributed by atoms with Gasteiger partial charge in [0.15, 0.2) is 0 Å². The normalized spacial score (nSPS) is 16.4. The minimum Gasteiger partial charge on any atom is -0.480 e. The van der Waals surface area contributed by atoms with Crippen LogP contribution < -0.4 is 4.74 Å². The molecule has 0 aliphatic carbocycles. The molecule has 1 aromatic carbocycles. The molecular weight excluding hydrogens is 314 g/mol. The number of hydrogen-bond acceptors (Lipinski definition) is 5. The number of nitrogens with zero attached hydrogens (tertiary/aromatic N) is 5. The first-order chi connectivity index (χ1) is 12.2. The lowest BCUT2D eigenvalue weighted by Gasteiger charge is -2.33. The van der Waals surface area contributed by atoms with Crippen LogP contribution >= 0.6 is 0 Å². The van der Waals surface area contributed by atoms with Crippen molar-refractivity contribution in [1.82, 2.24) is 24.6 Å². The predicted molar refractivity (Wildman–Crippen MR) is 96.6 cm³/mol. The average molecular weight is 337 g/mol. The summed E-state index contributed by atoms with van der Waals surface area (Å²) in [6, 6.07) is 12.8. The number of piperidine rings is 1. The molecule has 0 spiro atoms. The summed E-state index contributed by atoms with van der Waals surface area (Å²) in [6.45, 7) is 5.07. The quantitative estimate of drug-likeness (QED) is 0.732. The van der Waals surface area contributed by atoms with Crippen LogP contribution in [-0.2, 0) is 6.54 Å². The number of aryl methyl sites for hydroxylation is 1. The zero-order valence-electron chi connectivity index (χ0n) is 14.7. The fraction of sp³-hybridized carbons (Fsp3) is 0.421. The van der Waals surface area contributed by atoms with Crippen molar-refractivity contribution in [3.63, 3.8) is 0 Å². The average Bonchev–Trinajstić information content (AvgIpc) is 2.99. The Morgan fingerprint density at radius 1 is 1.08 bits per heavy atom. The standard InChI is InChI=1S/C19H23N5O/c1-14-20-17-5-3-4-6-18(17)24(14)16-9-11-23(12-10-16)13-15-7-8-19(25-2)22-21-15/h3-8,16H,9-13H2,1-2H3. The molecule has 6 nitrogen and oxygen atoms in total. The van der Waals surface area contributed by atoms with Crippen molar-refractivity contribution in [3.8, 4) is 5.88 Å². The van der Waals surface area contributed by atoms with Crippen LogP contribution in [0.25, 0.3) is 11.0 Å². The Balaban J connectivity index is 1.43. The molecule has 1 saturated heterocycles. The van der Waals surface area contributed by atoms with Crippen molar-refractivity contribution in [3.05, 3.63) is 47.9 Å². The highest BCUT2D eigenvalue weighted by Gasteiger charge is 2.23. The van der Waals surface area contributed by atoms with Gasteiger partial charge in [-0.2, -0.15) is 5.10 Å². The largest absolute Gasteiger partial charge is 0.480 e. The minimum absolute atomic E-state index is 0.519. The maximum atomic E-state index is 5.06. The van der Waals surface area contributed by atoms with Crippen molar-refractivity contribution in [1.29, 1.82) is 0 Å². The van der Waals surface area contributed by atoms with Gasteiger partial charge in [0.05, 0.1) is 23.8 Å². The molecule has 3 aromatic rings. The van der Waals surface area contributed by atoms with E-state index in [9.17, 15) is 0 Å². The lowest BCUT2D eigenvalue weighted by Crippen LogP contribution is -2.34. The summed E-state index contributed by atoms with van der Waals surface area (Å²) in [7, 11) is 1.61. The van der Waals surface area contributed by atoms with Gasteiger partial charge in [-0.25, -0.2) is 4.98 Å². The van der Waals surface area contributed by atoms with Crippen molar-refractivity contribution in [2.24, 2.45) is 0 Å². The molecule has 0 saturated carbocycles. The van der Waals surface area contributed by atoms with E-state index < -0.39 is 0 Å². The highest BCUT2D eigenvalue weighted by atomic mass is 16.5. The minimum atomic E-state index is 0.519. The Kier molecular flexibility index (Phi) is 4.36. The second kappa shape index (κ2) is 6.80. The van der Waals surface area contributed by atoms with E-state index in [0.717, 1.165) is 49.5 Å². The Hall–Kier alpha value is -2.47. The van der Waals surface area contributed by atoms with Gasteiger partial charge in [-0.3, -0.25) is 4.90 Å². The fourth-order valence-corrected chi connectivity index (χ4v) is 3.73. The number of hydrogen-bond donors (Lipinski definition) is 0. The fourth-order valence-electron chi connectivity index (χ4n) is 3.73. The van der Waals surface area contributed by atoms with Crippen LogP contribution in [-0.4, -0.2) is 44.8 Å². The third-order valence-electron chi connectivity index (χ3n) is 4.98. The maximum absolute atomic E-state index is 5.06. The van der Waals surface area contributed by atoms with Gasteiger partial charge in [-0.15, -0.1) is 5.10 Å². The number of rotatable bonds is 4. The van der Waals surface area contributed by atoms with Crippen molar-refractivity contribution < 1.29 is 4.74 Å². The molecule has 0 unspecified atom stereocenters. The van der Waals surface area contributed by atoms with Crippen LogP contribution in [0.15, 0.2) is 36.4 Å². The SMILES string of the molecule is COc1ccc(CN2CCC(n3c(C)nc4ccccc43)CC2)nn1. The Bertz CT molecular complexity index is 850. The van der Waals surface area contributed by atoms with E-state index in [-0.39, 0.29) is 0 Å². The van der Waals surface area contributed by atoms with Crippen LogP contribution in [0.3, 0.4) is 0 Å².